The summed E-state index contributed by atoms with van der Waals surface area (Å²) in [4.78, 5) is 11.6. The van der Waals surface area contributed by atoms with E-state index in [1.54, 1.807) is 0 Å². The first-order valence-corrected chi connectivity index (χ1v) is 5.14. The van der Waals surface area contributed by atoms with Crippen molar-refractivity contribution in [3.63, 3.8) is 0 Å². The Labute approximate surface area is 97.3 Å². The maximum absolute atomic E-state index is 11.6. The van der Waals surface area contributed by atoms with Gasteiger partial charge in [0.25, 0.3) is 0 Å². The monoisotopic (exact) mass is 236 g/mol. The van der Waals surface area contributed by atoms with Crippen LogP contribution in [0.2, 0.25) is 0 Å². The third-order valence-corrected chi connectivity index (χ3v) is 2.42. The minimum absolute atomic E-state index is 0. The topological polar surface area (TPSA) is 64.3 Å². The predicted molar refractivity (Wildman–Crippen MR) is 62.0 cm³/mol. The van der Waals surface area contributed by atoms with Gasteiger partial charge in [-0.15, -0.1) is 12.4 Å². The second kappa shape index (κ2) is 5.68. The molecule has 0 aromatic rings. The highest BCUT2D eigenvalue weighted by Crippen LogP contribution is 2.34. The molecule has 0 heterocycles. The molecule has 0 aromatic carbocycles. The van der Waals surface area contributed by atoms with E-state index in [-0.39, 0.29) is 35.9 Å². The summed E-state index contributed by atoms with van der Waals surface area (Å²) < 4.78 is 5.34. The molecule has 0 radical (unpaired) electrons. The normalized spacial score (nSPS) is 24.3. The van der Waals surface area contributed by atoms with Gasteiger partial charge in [0.2, 0.25) is 5.91 Å². The lowest BCUT2D eigenvalue weighted by molar-refractivity contribution is -0.124. The third-order valence-electron chi connectivity index (χ3n) is 2.42. The van der Waals surface area contributed by atoms with Gasteiger partial charge in [0.1, 0.15) is 0 Å². The molecule has 1 amide bonds. The van der Waals surface area contributed by atoms with E-state index in [0.717, 1.165) is 6.42 Å². The van der Waals surface area contributed by atoms with Crippen LogP contribution in [-0.2, 0) is 9.53 Å². The Morgan fingerprint density at radius 1 is 1.60 bits per heavy atom. The van der Waals surface area contributed by atoms with E-state index >= 15 is 0 Å². The fraction of sp³-hybridized carbons (Fsp3) is 0.900. The SMILES string of the molecule is CCOC1CC1C(=O)NC(C)(C)CN.Cl. The van der Waals surface area contributed by atoms with Crippen LogP contribution in [0.3, 0.4) is 0 Å². The van der Waals surface area contributed by atoms with Crippen molar-refractivity contribution >= 4 is 18.3 Å². The van der Waals surface area contributed by atoms with Crippen LogP contribution < -0.4 is 11.1 Å². The Balaban J connectivity index is 0.00000196. The van der Waals surface area contributed by atoms with Crippen molar-refractivity contribution in [2.45, 2.75) is 38.8 Å². The van der Waals surface area contributed by atoms with Crippen LogP contribution in [-0.4, -0.2) is 30.7 Å². The molecule has 1 fully saturated rings. The highest BCUT2D eigenvalue weighted by molar-refractivity contribution is 5.85. The number of rotatable bonds is 5. The molecular weight excluding hydrogens is 216 g/mol. The van der Waals surface area contributed by atoms with E-state index < -0.39 is 0 Å². The fourth-order valence-electron chi connectivity index (χ4n) is 1.32. The van der Waals surface area contributed by atoms with Gasteiger partial charge in [-0.05, 0) is 27.2 Å². The molecule has 90 valence electrons. The summed E-state index contributed by atoms with van der Waals surface area (Å²) in [6, 6.07) is 0. The third kappa shape index (κ3) is 4.36. The lowest BCUT2D eigenvalue weighted by Gasteiger charge is -2.24. The van der Waals surface area contributed by atoms with E-state index in [4.69, 9.17) is 10.5 Å². The molecule has 1 saturated carbocycles. The van der Waals surface area contributed by atoms with Crippen molar-refractivity contribution in [1.29, 1.82) is 0 Å². The molecule has 1 rings (SSSR count). The summed E-state index contributed by atoms with van der Waals surface area (Å²) in [6.07, 6.45) is 0.980. The highest BCUT2D eigenvalue weighted by Gasteiger charge is 2.44. The summed E-state index contributed by atoms with van der Waals surface area (Å²) in [5, 5.41) is 2.91. The average molecular weight is 237 g/mol. The first kappa shape index (κ1) is 14.7. The molecule has 2 unspecified atom stereocenters. The molecule has 2 atom stereocenters. The number of carbonyl (C=O) groups is 1. The van der Waals surface area contributed by atoms with Gasteiger partial charge in [-0.1, -0.05) is 0 Å². The maximum Gasteiger partial charge on any atom is 0.226 e. The van der Waals surface area contributed by atoms with Crippen LogP contribution in [0.4, 0.5) is 0 Å². The van der Waals surface area contributed by atoms with Crippen molar-refractivity contribution in [1.82, 2.24) is 5.32 Å². The Kier molecular flexibility index (Phi) is 5.56. The molecule has 5 heteroatoms. The van der Waals surface area contributed by atoms with Crippen molar-refractivity contribution in [3.05, 3.63) is 0 Å². The van der Waals surface area contributed by atoms with Gasteiger partial charge >= 0.3 is 0 Å². The number of ether oxygens (including phenoxy) is 1. The molecule has 0 saturated heterocycles. The lowest BCUT2D eigenvalue weighted by Crippen LogP contribution is -2.49. The molecule has 0 aliphatic heterocycles. The van der Waals surface area contributed by atoms with E-state index in [9.17, 15) is 4.79 Å². The van der Waals surface area contributed by atoms with Crippen molar-refractivity contribution in [3.8, 4) is 0 Å². The van der Waals surface area contributed by atoms with Gasteiger partial charge in [0.05, 0.1) is 12.0 Å². The Morgan fingerprint density at radius 3 is 2.67 bits per heavy atom. The number of carbonyl (C=O) groups excluding carboxylic acids is 1. The number of nitrogens with two attached hydrogens (primary N) is 1. The average Bonchev–Trinajstić information content (AvgIpc) is 2.84. The van der Waals surface area contributed by atoms with Crippen LogP contribution in [0, 0.1) is 5.92 Å². The van der Waals surface area contributed by atoms with Gasteiger partial charge in [-0.3, -0.25) is 4.79 Å². The van der Waals surface area contributed by atoms with E-state index in [1.807, 2.05) is 20.8 Å². The number of hydrogen-bond donors (Lipinski definition) is 2. The van der Waals surface area contributed by atoms with Gasteiger partial charge in [0, 0.05) is 18.7 Å². The fourth-order valence-corrected chi connectivity index (χ4v) is 1.32. The Bertz CT molecular complexity index is 221. The summed E-state index contributed by atoms with van der Waals surface area (Å²) >= 11 is 0. The van der Waals surface area contributed by atoms with Crippen LogP contribution in [0.1, 0.15) is 27.2 Å². The standard InChI is InChI=1S/C10H20N2O2.ClH/c1-4-14-8-5-7(8)9(13)12-10(2,3)6-11;/h7-8H,4-6,11H2,1-3H3,(H,12,13);1H. The lowest BCUT2D eigenvalue weighted by atomic mass is 10.1. The first-order valence-electron chi connectivity index (χ1n) is 5.14. The Hall–Kier alpha value is -0.320. The van der Waals surface area contributed by atoms with E-state index in [2.05, 4.69) is 5.32 Å². The molecule has 0 spiro atoms. The minimum atomic E-state index is -0.309. The number of nitrogens with one attached hydrogen (secondary N) is 1. The summed E-state index contributed by atoms with van der Waals surface area (Å²) in [5.41, 5.74) is 5.21. The number of halogens is 1. The molecular formula is C10H21ClN2O2. The van der Waals surface area contributed by atoms with Crippen LogP contribution in [0.5, 0.6) is 0 Å². The molecule has 3 N–H and O–H groups in total. The summed E-state index contributed by atoms with van der Waals surface area (Å²) in [6.45, 7) is 6.91. The predicted octanol–water partition coefficient (Wildman–Crippen LogP) is 0.687. The van der Waals surface area contributed by atoms with Crippen LogP contribution in [0.15, 0.2) is 0 Å². The second-order valence-electron chi connectivity index (χ2n) is 4.41. The smallest absolute Gasteiger partial charge is 0.226 e. The van der Waals surface area contributed by atoms with E-state index in [1.165, 1.54) is 0 Å². The molecule has 0 aromatic heterocycles. The zero-order valence-corrected chi connectivity index (χ0v) is 10.4. The number of hydrogen-bond acceptors (Lipinski definition) is 3. The quantitative estimate of drug-likeness (QED) is 0.738. The molecule has 4 nitrogen and oxygen atoms in total. The van der Waals surface area contributed by atoms with Crippen molar-refractivity contribution in [2.24, 2.45) is 11.7 Å². The van der Waals surface area contributed by atoms with Gasteiger partial charge in [0.15, 0.2) is 0 Å². The zero-order valence-electron chi connectivity index (χ0n) is 9.58. The molecule has 1 aliphatic carbocycles. The second-order valence-corrected chi connectivity index (χ2v) is 4.41. The van der Waals surface area contributed by atoms with E-state index in [0.29, 0.717) is 13.2 Å². The zero-order chi connectivity index (χ0) is 10.8. The maximum atomic E-state index is 11.6. The largest absolute Gasteiger partial charge is 0.378 e. The molecule has 1 aliphatic rings. The van der Waals surface area contributed by atoms with Gasteiger partial charge in [-0.25, -0.2) is 0 Å². The van der Waals surface area contributed by atoms with Crippen LogP contribution in [0.25, 0.3) is 0 Å². The molecule has 15 heavy (non-hydrogen) atoms. The molecule has 0 bridgehead atoms. The van der Waals surface area contributed by atoms with Crippen LogP contribution >= 0.6 is 12.4 Å². The minimum Gasteiger partial charge on any atom is -0.378 e. The van der Waals surface area contributed by atoms with Gasteiger partial charge < -0.3 is 15.8 Å². The van der Waals surface area contributed by atoms with Crippen molar-refractivity contribution in [2.75, 3.05) is 13.2 Å². The van der Waals surface area contributed by atoms with Crippen molar-refractivity contribution < 1.29 is 9.53 Å². The summed E-state index contributed by atoms with van der Waals surface area (Å²) in [5.74, 6) is 0.111. The summed E-state index contributed by atoms with van der Waals surface area (Å²) in [7, 11) is 0. The van der Waals surface area contributed by atoms with Gasteiger partial charge in [-0.2, -0.15) is 0 Å². The highest BCUT2D eigenvalue weighted by atomic mass is 35.5. The number of amides is 1. The first-order chi connectivity index (χ1) is 6.50. The Morgan fingerprint density at radius 2 is 2.20 bits per heavy atom.